The molecule has 1 aromatic carbocycles. The van der Waals surface area contributed by atoms with Gasteiger partial charge in [0.25, 0.3) is 5.91 Å². The van der Waals surface area contributed by atoms with Gasteiger partial charge in [-0.3, -0.25) is 4.79 Å². The van der Waals surface area contributed by atoms with Gasteiger partial charge in [-0.2, -0.15) is 0 Å². The van der Waals surface area contributed by atoms with E-state index in [1.165, 1.54) is 0 Å². The van der Waals surface area contributed by atoms with Crippen molar-refractivity contribution in [1.29, 1.82) is 0 Å². The Kier molecular flexibility index (Phi) is 4.29. The van der Waals surface area contributed by atoms with Crippen molar-refractivity contribution in [2.45, 2.75) is 13.1 Å². The van der Waals surface area contributed by atoms with Crippen molar-refractivity contribution < 1.29 is 4.79 Å². The molecule has 0 bridgehead atoms. The average Bonchev–Trinajstić information content (AvgIpc) is 3.38. The molecule has 0 spiro atoms. The van der Waals surface area contributed by atoms with Crippen molar-refractivity contribution in [2.24, 2.45) is 0 Å². The Labute approximate surface area is 167 Å². The first-order valence-corrected chi connectivity index (χ1v) is 9.46. The molecule has 0 aliphatic carbocycles. The van der Waals surface area contributed by atoms with E-state index in [-0.39, 0.29) is 5.91 Å². The zero-order chi connectivity index (χ0) is 19.6. The Balaban J connectivity index is 1.53. The van der Waals surface area contributed by atoms with E-state index in [1.54, 1.807) is 0 Å². The largest absolute Gasteiger partial charge is 0.327 e. The highest BCUT2D eigenvalue weighted by molar-refractivity contribution is 5.94. The van der Waals surface area contributed by atoms with Gasteiger partial charge in [0.05, 0.1) is 36.9 Å². The van der Waals surface area contributed by atoms with Crippen LogP contribution in [-0.2, 0) is 13.1 Å². The number of hydrogen-bond acceptors (Lipinski definition) is 3. The first kappa shape index (κ1) is 17.2. The highest BCUT2D eigenvalue weighted by atomic mass is 16.2. The number of imidazole rings is 2. The normalized spacial score (nSPS) is 11.2. The fourth-order valence-corrected chi connectivity index (χ4v) is 3.56. The summed E-state index contributed by atoms with van der Waals surface area (Å²) in [5, 5.41) is 0. The molecular formula is C23H19N5O. The molecule has 0 saturated heterocycles. The number of hydrogen-bond donors (Lipinski definition) is 0. The molecule has 4 heterocycles. The van der Waals surface area contributed by atoms with Crippen molar-refractivity contribution in [3.63, 3.8) is 0 Å². The molecule has 1 amide bonds. The molecule has 4 aromatic heterocycles. The third-order valence-electron chi connectivity index (χ3n) is 5.00. The summed E-state index contributed by atoms with van der Waals surface area (Å²) in [5.74, 6) is -0.0256. The van der Waals surface area contributed by atoms with Crippen molar-refractivity contribution in [3.05, 3.63) is 108 Å². The predicted molar refractivity (Wildman–Crippen MR) is 110 cm³/mol. The van der Waals surface area contributed by atoms with E-state index in [0.717, 1.165) is 22.7 Å². The minimum atomic E-state index is -0.0256. The molecule has 142 valence electrons. The fraction of sp³-hybridized carbons (Fsp3) is 0.0870. The molecule has 0 unspecified atom stereocenters. The maximum atomic E-state index is 13.3. The van der Waals surface area contributed by atoms with Crippen LogP contribution >= 0.6 is 0 Å². The molecular weight excluding hydrogens is 362 g/mol. The standard InChI is InChI=1S/C23H19N5O/c29-23(18-8-2-1-3-9-18)26(16-19-14-24-21-10-4-6-12-27(19)21)17-20-15-25-22-11-5-7-13-28(20)22/h1-15H,16-17H2. The van der Waals surface area contributed by atoms with Gasteiger partial charge in [0.2, 0.25) is 0 Å². The Hall–Kier alpha value is -3.93. The second-order valence-corrected chi connectivity index (χ2v) is 6.88. The highest BCUT2D eigenvalue weighted by Gasteiger charge is 2.19. The Morgan fingerprint density at radius 2 is 1.24 bits per heavy atom. The van der Waals surface area contributed by atoms with Crippen molar-refractivity contribution in [3.8, 4) is 0 Å². The molecule has 0 saturated carbocycles. The maximum absolute atomic E-state index is 13.3. The molecule has 6 heteroatoms. The van der Waals surface area contributed by atoms with Crippen LogP contribution in [0.3, 0.4) is 0 Å². The fourth-order valence-electron chi connectivity index (χ4n) is 3.56. The Morgan fingerprint density at radius 3 is 1.79 bits per heavy atom. The number of aromatic nitrogens is 4. The Bertz CT molecular complexity index is 1210. The average molecular weight is 381 g/mol. The van der Waals surface area contributed by atoms with Crippen LogP contribution < -0.4 is 0 Å². The number of benzene rings is 1. The van der Waals surface area contributed by atoms with Crippen LogP contribution in [0.15, 0.2) is 91.5 Å². The summed E-state index contributed by atoms with van der Waals surface area (Å²) in [6, 6.07) is 21.1. The molecule has 5 rings (SSSR count). The summed E-state index contributed by atoms with van der Waals surface area (Å²) in [5.41, 5.74) is 4.31. The van der Waals surface area contributed by atoms with Crippen LogP contribution in [0.25, 0.3) is 11.3 Å². The van der Waals surface area contributed by atoms with Gasteiger partial charge < -0.3 is 13.7 Å². The molecule has 0 aliphatic heterocycles. The van der Waals surface area contributed by atoms with Crippen LogP contribution in [0.1, 0.15) is 21.7 Å². The number of amides is 1. The van der Waals surface area contributed by atoms with E-state index in [2.05, 4.69) is 9.97 Å². The van der Waals surface area contributed by atoms with E-state index in [0.29, 0.717) is 18.7 Å². The second-order valence-electron chi connectivity index (χ2n) is 6.88. The lowest BCUT2D eigenvalue weighted by Gasteiger charge is -2.22. The van der Waals surface area contributed by atoms with Gasteiger partial charge >= 0.3 is 0 Å². The zero-order valence-electron chi connectivity index (χ0n) is 15.7. The van der Waals surface area contributed by atoms with Crippen LogP contribution in [0.5, 0.6) is 0 Å². The lowest BCUT2D eigenvalue weighted by atomic mass is 10.2. The molecule has 29 heavy (non-hydrogen) atoms. The summed E-state index contributed by atoms with van der Waals surface area (Å²) in [4.78, 5) is 24.1. The van der Waals surface area contributed by atoms with E-state index < -0.39 is 0 Å². The third kappa shape index (κ3) is 3.25. The van der Waals surface area contributed by atoms with Gasteiger partial charge in [-0.1, -0.05) is 30.3 Å². The number of nitrogens with zero attached hydrogens (tertiary/aromatic N) is 5. The van der Waals surface area contributed by atoms with Crippen molar-refractivity contribution in [1.82, 2.24) is 23.7 Å². The molecule has 5 aromatic rings. The lowest BCUT2D eigenvalue weighted by molar-refractivity contribution is 0.0725. The monoisotopic (exact) mass is 381 g/mol. The molecule has 6 nitrogen and oxygen atoms in total. The quantitative estimate of drug-likeness (QED) is 0.465. The van der Waals surface area contributed by atoms with Crippen LogP contribution in [0.4, 0.5) is 0 Å². The number of carbonyl (C=O) groups is 1. The summed E-state index contributed by atoms with van der Waals surface area (Å²) in [6.07, 6.45) is 7.60. The van der Waals surface area contributed by atoms with Gasteiger partial charge in [0, 0.05) is 18.0 Å². The molecule has 0 radical (unpaired) electrons. The number of fused-ring (bicyclic) bond motifs is 2. The highest BCUT2D eigenvalue weighted by Crippen LogP contribution is 2.16. The maximum Gasteiger partial charge on any atom is 0.254 e. The zero-order valence-corrected chi connectivity index (χ0v) is 15.7. The first-order chi connectivity index (χ1) is 14.3. The summed E-state index contributed by atoms with van der Waals surface area (Å²) >= 11 is 0. The molecule has 0 fully saturated rings. The number of rotatable bonds is 5. The van der Waals surface area contributed by atoms with Gasteiger partial charge in [0.1, 0.15) is 11.3 Å². The summed E-state index contributed by atoms with van der Waals surface area (Å²) in [6.45, 7) is 0.887. The topological polar surface area (TPSA) is 54.9 Å². The lowest BCUT2D eigenvalue weighted by Crippen LogP contribution is -2.31. The van der Waals surface area contributed by atoms with Crippen LogP contribution in [-0.4, -0.2) is 29.6 Å². The SMILES string of the molecule is O=C(c1ccccc1)N(Cc1cnc2ccccn12)Cc1cnc2ccccn12. The van der Waals surface area contributed by atoms with E-state index >= 15 is 0 Å². The molecule has 0 N–H and O–H groups in total. The van der Waals surface area contributed by atoms with E-state index in [9.17, 15) is 4.79 Å². The predicted octanol–water partition coefficient (Wildman–Crippen LogP) is 3.82. The Morgan fingerprint density at radius 1 is 0.724 bits per heavy atom. The minimum Gasteiger partial charge on any atom is -0.327 e. The molecule has 0 atom stereocenters. The van der Waals surface area contributed by atoms with E-state index in [4.69, 9.17) is 0 Å². The first-order valence-electron chi connectivity index (χ1n) is 9.46. The number of carbonyl (C=O) groups excluding carboxylic acids is 1. The van der Waals surface area contributed by atoms with Crippen LogP contribution in [0.2, 0.25) is 0 Å². The van der Waals surface area contributed by atoms with Gasteiger partial charge in [-0.05, 0) is 36.4 Å². The summed E-state index contributed by atoms with van der Waals surface area (Å²) < 4.78 is 4.03. The third-order valence-corrected chi connectivity index (χ3v) is 5.00. The van der Waals surface area contributed by atoms with Gasteiger partial charge in [-0.25, -0.2) is 9.97 Å². The van der Waals surface area contributed by atoms with Crippen LogP contribution in [0, 0.1) is 0 Å². The van der Waals surface area contributed by atoms with Gasteiger partial charge in [-0.15, -0.1) is 0 Å². The smallest absolute Gasteiger partial charge is 0.254 e. The molecule has 0 aliphatic rings. The van der Waals surface area contributed by atoms with Crippen molar-refractivity contribution >= 4 is 17.2 Å². The number of pyridine rings is 2. The van der Waals surface area contributed by atoms with Crippen molar-refractivity contribution in [2.75, 3.05) is 0 Å². The van der Waals surface area contributed by atoms with Gasteiger partial charge in [0.15, 0.2) is 0 Å². The van der Waals surface area contributed by atoms with E-state index in [1.807, 2.05) is 105 Å². The summed E-state index contributed by atoms with van der Waals surface area (Å²) in [7, 11) is 0. The second kappa shape index (κ2) is 7.24. The minimum absolute atomic E-state index is 0.0256.